The molecule has 0 aromatic carbocycles. The number of nitrogens with zero attached hydrogens (tertiary/aromatic N) is 2. The molecule has 0 spiro atoms. The highest BCUT2D eigenvalue weighted by atomic mass is 16.5. The van der Waals surface area contributed by atoms with Gasteiger partial charge in [0.1, 0.15) is 18.2 Å². The van der Waals surface area contributed by atoms with Crippen LogP contribution in [0.3, 0.4) is 0 Å². The SMILES string of the molecule is COCc1nc(N)cc(NC2(C)CCOCC2)n1. The lowest BCUT2D eigenvalue weighted by Crippen LogP contribution is -2.41. The number of nitrogen functional groups attached to an aromatic ring is 1. The monoisotopic (exact) mass is 252 g/mol. The van der Waals surface area contributed by atoms with Gasteiger partial charge in [0, 0.05) is 31.9 Å². The number of hydrogen-bond donors (Lipinski definition) is 2. The van der Waals surface area contributed by atoms with E-state index in [-0.39, 0.29) is 5.54 Å². The third kappa shape index (κ3) is 3.30. The van der Waals surface area contributed by atoms with Crippen LogP contribution in [-0.2, 0) is 16.1 Å². The fourth-order valence-electron chi connectivity index (χ4n) is 2.03. The van der Waals surface area contributed by atoms with Crippen molar-refractivity contribution in [3.05, 3.63) is 11.9 Å². The molecule has 0 radical (unpaired) electrons. The normalized spacial score (nSPS) is 18.6. The molecule has 1 aliphatic rings. The first-order valence-corrected chi connectivity index (χ1v) is 6.10. The van der Waals surface area contributed by atoms with Gasteiger partial charge in [0.25, 0.3) is 0 Å². The van der Waals surface area contributed by atoms with Crippen molar-refractivity contribution in [3.63, 3.8) is 0 Å². The van der Waals surface area contributed by atoms with Crippen LogP contribution in [0.1, 0.15) is 25.6 Å². The third-order valence-electron chi connectivity index (χ3n) is 3.09. The second-order valence-corrected chi connectivity index (χ2v) is 4.83. The van der Waals surface area contributed by atoms with E-state index in [4.69, 9.17) is 15.2 Å². The summed E-state index contributed by atoms with van der Waals surface area (Å²) in [6.07, 6.45) is 1.91. The summed E-state index contributed by atoms with van der Waals surface area (Å²) in [7, 11) is 1.61. The Hall–Kier alpha value is -1.40. The summed E-state index contributed by atoms with van der Waals surface area (Å²) < 4.78 is 10.4. The van der Waals surface area contributed by atoms with E-state index in [0.717, 1.165) is 31.9 Å². The lowest BCUT2D eigenvalue weighted by atomic mass is 9.92. The summed E-state index contributed by atoms with van der Waals surface area (Å²) in [5, 5.41) is 3.43. The Kier molecular flexibility index (Phi) is 3.98. The van der Waals surface area contributed by atoms with E-state index >= 15 is 0 Å². The van der Waals surface area contributed by atoms with Crippen molar-refractivity contribution in [3.8, 4) is 0 Å². The van der Waals surface area contributed by atoms with Crippen LogP contribution in [0.2, 0.25) is 0 Å². The molecule has 0 saturated carbocycles. The van der Waals surface area contributed by atoms with Crippen LogP contribution in [0.15, 0.2) is 6.07 Å². The molecule has 3 N–H and O–H groups in total. The van der Waals surface area contributed by atoms with Crippen molar-refractivity contribution < 1.29 is 9.47 Å². The fourth-order valence-corrected chi connectivity index (χ4v) is 2.03. The van der Waals surface area contributed by atoms with Gasteiger partial charge in [-0.25, -0.2) is 9.97 Å². The molecule has 0 aliphatic carbocycles. The Morgan fingerprint density at radius 1 is 1.44 bits per heavy atom. The minimum absolute atomic E-state index is 0.00336. The minimum atomic E-state index is 0.00336. The molecule has 100 valence electrons. The van der Waals surface area contributed by atoms with E-state index in [1.165, 1.54) is 0 Å². The van der Waals surface area contributed by atoms with Crippen LogP contribution in [0.25, 0.3) is 0 Å². The minimum Gasteiger partial charge on any atom is -0.384 e. The number of rotatable bonds is 4. The second kappa shape index (κ2) is 5.49. The largest absolute Gasteiger partial charge is 0.384 e. The molecule has 1 aliphatic heterocycles. The molecule has 0 amide bonds. The van der Waals surface area contributed by atoms with Crippen molar-refractivity contribution in [1.82, 2.24) is 9.97 Å². The summed E-state index contributed by atoms with van der Waals surface area (Å²) >= 11 is 0. The summed E-state index contributed by atoms with van der Waals surface area (Å²) in [5.41, 5.74) is 5.77. The maximum Gasteiger partial charge on any atom is 0.158 e. The van der Waals surface area contributed by atoms with Gasteiger partial charge in [-0.1, -0.05) is 0 Å². The smallest absolute Gasteiger partial charge is 0.158 e. The van der Waals surface area contributed by atoms with Crippen molar-refractivity contribution in [1.29, 1.82) is 0 Å². The zero-order chi connectivity index (χ0) is 13.0. The first-order valence-electron chi connectivity index (χ1n) is 6.10. The van der Waals surface area contributed by atoms with Crippen LogP contribution in [0, 0.1) is 0 Å². The first-order chi connectivity index (χ1) is 8.61. The maximum absolute atomic E-state index is 5.77. The molecular formula is C12H20N4O2. The van der Waals surface area contributed by atoms with Crippen molar-refractivity contribution in [2.75, 3.05) is 31.4 Å². The van der Waals surface area contributed by atoms with Crippen molar-refractivity contribution in [2.24, 2.45) is 0 Å². The van der Waals surface area contributed by atoms with Gasteiger partial charge in [-0.2, -0.15) is 0 Å². The number of nitrogens with two attached hydrogens (primary N) is 1. The van der Waals surface area contributed by atoms with E-state index in [9.17, 15) is 0 Å². The van der Waals surface area contributed by atoms with Crippen LogP contribution in [0.4, 0.5) is 11.6 Å². The number of nitrogens with one attached hydrogen (secondary N) is 1. The van der Waals surface area contributed by atoms with Gasteiger partial charge in [0.15, 0.2) is 5.82 Å². The molecule has 1 saturated heterocycles. The predicted octanol–water partition coefficient (Wildman–Crippen LogP) is 1.19. The standard InChI is InChI=1S/C12H20N4O2/c1-12(3-5-18-6-4-12)16-10-7-9(13)14-11(15-10)8-17-2/h7H,3-6,8H2,1-2H3,(H3,13,14,15,16). The number of methoxy groups -OCH3 is 1. The zero-order valence-corrected chi connectivity index (χ0v) is 10.9. The molecular weight excluding hydrogens is 232 g/mol. The highest BCUT2D eigenvalue weighted by Crippen LogP contribution is 2.25. The molecule has 0 atom stereocenters. The molecule has 2 rings (SSSR count). The van der Waals surface area contributed by atoms with E-state index in [1.807, 2.05) is 0 Å². The second-order valence-electron chi connectivity index (χ2n) is 4.83. The topological polar surface area (TPSA) is 82.3 Å². The average molecular weight is 252 g/mol. The zero-order valence-electron chi connectivity index (χ0n) is 10.9. The predicted molar refractivity (Wildman–Crippen MR) is 69.2 cm³/mol. The first kappa shape index (κ1) is 13.0. The van der Waals surface area contributed by atoms with E-state index in [0.29, 0.717) is 18.2 Å². The van der Waals surface area contributed by atoms with Crippen molar-refractivity contribution >= 4 is 11.6 Å². The van der Waals surface area contributed by atoms with Gasteiger partial charge in [0.05, 0.1) is 0 Å². The summed E-state index contributed by atoms with van der Waals surface area (Å²) in [6.45, 7) is 4.08. The van der Waals surface area contributed by atoms with Crippen LogP contribution in [0.5, 0.6) is 0 Å². The molecule has 1 fully saturated rings. The molecule has 2 heterocycles. The van der Waals surface area contributed by atoms with Gasteiger partial charge in [-0.3, -0.25) is 0 Å². The van der Waals surface area contributed by atoms with E-state index in [2.05, 4.69) is 22.2 Å². The number of anilines is 2. The highest BCUT2D eigenvalue weighted by Gasteiger charge is 2.27. The molecule has 18 heavy (non-hydrogen) atoms. The highest BCUT2D eigenvalue weighted by molar-refractivity contribution is 5.46. The van der Waals surface area contributed by atoms with Crippen molar-refractivity contribution in [2.45, 2.75) is 31.9 Å². The maximum atomic E-state index is 5.77. The lowest BCUT2D eigenvalue weighted by Gasteiger charge is -2.35. The summed E-state index contributed by atoms with van der Waals surface area (Å²) in [4.78, 5) is 8.51. The van der Waals surface area contributed by atoms with Gasteiger partial charge in [-0.15, -0.1) is 0 Å². The van der Waals surface area contributed by atoms with E-state index < -0.39 is 0 Å². The molecule has 0 bridgehead atoms. The van der Waals surface area contributed by atoms with Crippen LogP contribution < -0.4 is 11.1 Å². The summed E-state index contributed by atoms with van der Waals surface area (Å²) in [5.74, 6) is 1.80. The van der Waals surface area contributed by atoms with E-state index in [1.54, 1.807) is 13.2 Å². The fraction of sp³-hybridized carbons (Fsp3) is 0.667. The Morgan fingerprint density at radius 3 is 2.83 bits per heavy atom. The van der Waals surface area contributed by atoms with Gasteiger partial charge < -0.3 is 20.5 Å². The molecule has 0 unspecified atom stereocenters. The Morgan fingerprint density at radius 2 is 2.17 bits per heavy atom. The number of aromatic nitrogens is 2. The van der Waals surface area contributed by atoms with Crippen LogP contribution in [-0.4, -0.2) is 35.8 Å². The van der Waals surface area contributed by atoms with Crippen LogP contribution >= 0.6 is 0 Å². The van der Waals surface area contributed by atoms with Gasteiger partial charge in [0.2, 0.25) is 0 Å². The molecule has 6 heteroatoms. The Bertz CT molecular complexity index is 405. The number of hydrogen-bond acceptors (Lipinski definition) is 6. The third-order valence-corrected chi connectivity index (χ3v) is 3.09. The van der Waals surface area contributed by atoms with Gasteiger partial charge in [-0.05, 0) is 19.8 Å². The lowest BCUT2D eigenvalue weighted by molar-refractivity contribution is 0.0657. The summed E-state index contributed by atoms with van der Waals surface area (Å²) in [6, 6.07) is 1.75. The quantitative estimate of drug-likeness (QED) is 0.837. The molecule has 6 nitrogen and oxygen atoms in total. The average Bonchev–Trinajstić information content (AvgIpc) is 2.28. The number of ether oxygens (including phenoxy) is 2. The Balaban J connectivity index is 2.12. The molecule has 1 aromatic rings. The Labute approximate surface area is 107 Å². The molecule has 1 aromatic heterocycles. The van der Waals surface area contributed by atoms with Gasteiger partial charge >= 0.3 is 0 Å².